The van der Waals surface area contributed by atoms with Gasteiger partial charge in [-0.2, -0.15) is 0 Å². The van der Waals surface area contributed by atoms with Gasteiger partial charge < -0.3 is 4.90 Å². The molecule has 0 radical (unpaired) electrons. The molecule has 1 heterocycles. The quantitative estimate of drug-likeness (QED) is 0.783. The molecule has 20 heavy (non-hydrogen) atoms. The van der Waals surface area contributed by atoms with Crippen molar-refractivity contribution in [1.29, 1.82) is 0 Å². The minimum atomic E-state index is -3.10. The Kier molecular flexibility index (Phi) is 4.84. The number of halogens is 3. The van der Waals surface area contributed by atoms with Gasteiger partial charge in [0, 0.05) is 5.69 Å². The summed E-state index contributed by atoms with van der Waals surface area (Å²) in [5.74, 6) is -0.565. The van der Waals surface area contributed by atoms with Crippen LogP contribution in [-0.4, -0.2) is 37.8 Å². The van der Waals surface area contributed by atoms with Gasteiger partial charge in [0.15, 0.2) is 9.84 Å². The molecule has 0 spiro atoms. The molecule has 0 saturated carbocycles. The van der Waals surface area contributed by atoms with E-state index in [-0.39, 0.29) is 23.3 Å². The van der Waals surface area contributed by atoms with E-state index >= 15 is 0 Å². The summed E-state index contributed by atoms with van der Waals surface area (Å²) in [7, 11) is -3.10. The maximum absolute atomic E-state index is 12.0. The molecular formula is C12H12Cl3NO3S. The maximum Gasteiger partial charge on any atom is 0.242 e. The predicted octanol–water partition coefficient (Wildman–Crippen LogP) is 2.75. The largest absolute Gasteiger partial charge is 0.307 e. The minimum absolute atomic E-state index is 0.0596. The van der Waals surface area contributed by atoms with E-state index < -0.39 is 15.9 Å². The highest BCUT2D eigenvalue weighted by atomic mass is 35.5. The van der Waals surface area contributed by atoms with Crippen LogP contribution in [-0.2, 0) is 14.6 Å². The third kappa shape index (κ3) is 3.39. The second kappa shape index (κ2) is 6.10. The molecule has 110 valence electrons. The normalized spacial score (nSPS) is 20.9. The molecule has 1 aromatic rings. The number of anilines is 1. The van der Waals surface area contributed by atoms with Gasteiger partial charge in [0.2, 0.25) is 5.91 Å². The topological polar surface area (TPSA) is 54.5 Å². The molecule has 1 aromatic carbocycles. The number of nitrogens with zero attached hydrogens (tertiary/aromatic N) is 1. The Balaban J connectivity index is 2.38. The number of hydrogen-bond donors (Lipinski definition) is 0. The fraction of sp³-hybridized carbons (Fsp3) is 0.417. The number of benzene rings is 1. The number of carbonyl (C=O) groups is 1. The Morgan fingerprint density at radius 1 is 1.30 bits per heavy atom. The standard InChI is InChI=1S/C12H12Cl3NO3S/c13-6-12(17)16(9-3-4-20(18,19)7-9)8-1-2-10(14)11(15)5-8/h1-2,5,9H,3-4,6-7H2. The summed E-state index contributed by atoms with van der Waals surface area (Å²) in [6.07, 6.45) is 0.394. The zero-order valence-corrected chi connectivity index (χ0v) is 13.4. The zero-order valence-electron chi connectivity index (χ0n) is 10.4. The molecule has 1 atom stereocenters. The van der Waals surface area contributed by atoms with Crippen molar-refractivity contribution in [2.45, 2.75) is 12.5 Å². The van der Waals surface area contributed by atoms with E-state index in [1.807, 2.05) is 0 Å². The van der Waals surface area contributed by atoms with Crippen molar-refractivity contribution in [3.05, 3.63) is 28.2 Å². The Labute approximate surface area is 132 Å². The van der Waals surface area contributed by atoms with Crippen molar-refractivity contribution in [3.8, 4) is 0 Å². The maximum atomic E-state index is 12.0. The minimum Gasteiger partial charge on any atom is -0.307 e. The van der Waals surface area contributed by atoms with Gasteiger partial charge in [-0.1, -0.05) is 23.2 Å². The molecule has 8 heteroatoms. The molecule has 0 N–H and O–H groups in total. The second-order valence-corrected chi connectivity index (χ2v) is 7.86. The van der Waals surface area contributed by atoms with Crippen molar-refractivity contribution < 1.29 is 13.2 Å². The number of sulfone groups is 1. The highest BCUT2D eigenvalue weighted by Crippen LogP contribution is 2.30. The van der Waals surface area contributed by atoms with Crippen molar-refractivity contribution in [2.24, 2.45) is 0 Å². The van der Waals surface area contributed by atoms with Crippen LogP contribution in [0, 0.1) is 0 Å². The van der Waals surface area contributed by atoms with Gasteiger partial charge in [-0.25, -0.2) is 8.42 Å². The Morgan fingerprint density at radius 2 is 2.00 bits per heavy atom. The lowest BCUT2D eigenvalue weighted by atomic mass is 10.2. The third-order valence-electron chi connectivity index (χ3n) is 3.14. The number of rotatable bonds is 3. The summed E-state index contributed by atoms with van der Waals surface area (Å²) in [5, 5.41) is 0.671. The van der Waals surface area contributed by atoms with Gasteiger partial charge in [0.05, 0.1) is 27.6 Å². The third-order valence-corrected chi connectivity index (χ3v) is 5.86. The molecule has 1 unspecified atom stereocenters. The lowest BCUT2D eigenvalue weighted by molar-refractivity contribution is -0.116. The Hall–Kier alpha value is -0.490. The number of hydrogen-bond acceptors (Lipinski definition) is 3. The van der Waals surface area contributed by atoms with E-state index in [0.717, 1.165) is 0 Å². The lowest BCUT2D eigenvalue weighted by Crippen LogP contribution is -2.42. The number of alkyl halides is 1. The molecule has 1 aliphatic heterocycles. The molecule has 1 aliphatic rings. The summed E-state index contributed by atoms with van der Waals surface area (Å²) >= 11 is 17.4. The van der Waals surface area contributed by atoms with Crippen LogP contribution in [0.15, 0.2) is 18.2 Å². The first-order valence-corrected chi connectivity index (χ1v) is 8.99. The summed E-state index contributed by atoms with van der Waals surface area (Å²) in [6.45, 7) is 0. The monoisotopic (exact) mass is 355 g/mol. The molecule has 2 rings (SSSR count). The first-order valence-electron chi connectivity index (χ1n) is 5.87. The molecule has 0 aromatic heterocycles. The average molecular weight is 357 g/mol. The van der Waals surface area contributed by atoms with Crippen molar-refractivity contribution in [2.75, 3.05) is 22.3 Å². The van der Waals surface area contributed by atoms with E-state index in [9.17, 15) is 13.2 Å². The fourth-order valence-electron chi connectivity index (χ4n) is 2.24. The van der Waals surface area contributed by atoms with Crippen molar-refractivity contribution >= 4 is 56.2 Å². The summed E-state index contributed by atoms with van der Waals surface area (Å²) in [4.78, 5) is 13.4. The van der Waals surface area contributed by atoms with E-state index in [1.165, 1.54) is 4.90 Å². The van der Waals surface area contributed by atoms with Crippen molar-refractivity contribution in [3.63, 3.8) is 0 Å². The van der Waals surface area contributed by atoms with E-state index in [1.54, 1.807) is 18.2 Å². The van der Waals surface area contributed by atoms with E-state index in [0.29, 0.717) is 22.2 Å². The molecule has 1 amide bonds. The SMILES string of the molecule is O=C(CCl)N(c1ccc(Cl)c(Cl)c1)C1CCS(=O)(=O)C1. The summed E-state index contributed by atoms with van der Waals surface area (Å²) in [5.41, 5.74) is 0.507. The molecular weight excluding hydrogens is 345 g/mol. The summed E-state index contributed by atoms with van der Waals surface area (Å²) < 4.78 is 23.2. The van der Waals surface area contributed by atoms with Crippen LogP contribution in [0.4, 0.5) is 5.69 Å². The van der Waals surface area contributed by atoms with Crippen LogP contribution in [0.25, 0.3) is 0 Å². The van der Waals surface area contributed by atoms with Gasteiger partial charge >= 0.3 is 0 Å². The molecule has 0 aliphatic carbocycles. The highest BCUT2D eigenvalue weighted by Gasteiger charge is 2.35. The van der Waals surface area contributed by atoms with Crippen molar-refractivity contribution in [1.82, 2.24) is 0 Å². The number of amides is 1. The molecule has 0 bridgehead atoms. The van der Waals surface area contributed by atoms with Crippen LogP contribution in [0.3, 0.4) is 0 Å². The predicted molar refractivity (Wildman–Crippen MR) is 81.7 cm³/mol. The molecule has 1 fully saturated rings. The number of carbonyl (C=O) groups excluding carboxylic acids is 1. The van der Waals surface area contributed by atoms with Crippen LogP contribution < -0.4 is 4.90 Å². The first-order chi connectivity index (χ1) is 9.34. The van der Waals surface area contributed by atoms with Gasteiger partial charge in [-0.3, -0.25) is 4.79 Å². The van der Waals surface area contributed by atoms with Gasteiger partial charge in [0.25, 0.3) is 0 Å². The van der Waals surface area contributed by atoms with Gasteiger partial charge in [-0.15, -0.1) is 11.6 Å². The van der Waals surface area contributed by atoms with Crippen LogP contribution in [0.5, 0.6) is 0 Å². The zero-order chi connectivity index (χ0) is 14.9. The smallest absolute Gasteiger partial charge is 0.242 e. The average Bonchev–Trinajstić information content (AvgIpc) is 2.74. The lowest BCUT2D eigenvalue weighted by Gasteiger charge is -2.28. The summed E-state index contributed by atoms with van der Waals surface area (Å²) in [6, 6.07) is 4.32. The molecule has 4 nitrogen and oxygen atoms in total. The molecule has 1 saturated heterocycles. The second-order valence-electron chi connectivity index (χ2n) is 4.55. The first kappa shape index (κ1) is 15.9. The fourth-order valence-corrected chi connectivity index (χ4v) is 4.36. The Bertz CT molecular complexity index is 633. The van der Waals surface area contributed by atoms with Gasteiger partial charge in [0.1, 0.15) is 5.88 Å². The van der Waals surface area contributed by atoms with Crippen LogP contribution >= 0.6 is 34.8 Å². The van der Waals surface area contributed by atoms with Crippen LogP contribution in [0.2, 0.25) is 10.0 Å². The highest BCUT2D eigenvalue weighted by molar-refractivity contribution is 7.91. The van der Waals surface area contributed by atoms with Crippen LogP contribution in [0.1, 0.15) is 6.42 Å². The Morgan fingerprint density at radius 3 is 2.50 bits per heavy atom. The van der Waals surface area contributed by atoms with E-state index in [2.05, 4.69) is 0 Å². The van der Waals surface area contributed by atoms with Gasteiger partial charge in [-0.05, 0) is 24.6 Å². The van der Waals surface area contributed by atoms with E-state index in [4.69, 9.17) is 34.8 Å².